The van der Waals surface area contributed by atoms with Crippen LogP contribution in [0, 0.1) is 20.8 Å². The summed E-state index contributed by atoms with van der Waals surface area (Å²) in [5.74, 6) is -0.372. The molecule has 5 nitrogen and oxygen atoms in total. The second-order valence-corrected chi connectivity index (χ2v) is 17.1. The summed E-state index contributed by atoms with van der Waals surface area (Å²) in [5.41, 5.74) is 3.58. The van der Waals surface area contributed by atoms with Gasteiger partial charge in [0.25, 0.3) is 0 Å². The maximum absolute atomic E-state index is 12.3. The molecule has 5 rings (SSSR count). The van der Waals surface area contributed by atoms with Gasteiger partial charge in [-0.15, -0.1) is 0 Å². The fourth-order valence-electron chi connectivity index (χ4n) is 7.24. The molecule has 4 aromatic carbocycles. The van der Waals surface area contributed by atoms with E-state index in [1.165, 1.54) is 41.6 Å². The molecule has 0 saturated carbocycles. The molecule has 252 valence electrons. The van der Waals surface area contributed by atoms with Crippen molar-refractivity contribution in [1.82, 2.24) is 0 Å². The van der Waals surface area contributed by atoms with Crippen molar-refractivity contribution in [1.29, 1.82) is 0 Å². The monoisotopic (exact) mass is 664 g/mol. The van der Waals surface area contributed by atoms with Gasteiger partial charge in [-0.05, 0) is 126 Å². The third-order valence-corrected chi connectivity index (χ3v) is 14.6. The normalized spacial score (nSPS) is 15.8. The van der Waals surface area contributed by atoms with Crippen molar-refractivity contribution in [3.05, 3.63) is 113 Å². The Hall–Kier alpha value is -3.95. The summed E-state index contributed by atoms with van der Waals surface area (Å²) >= 11 is 0. The van der Waals surface area contributed by atoms with E-state index < -0.39 is 19.2 Å². The number of ether oxygens (including phenoxy) is 2. The van der Waals surface area contributed by atoms with Gasteiger partial charge in [-0.3, -0.25) is 4.79 Å². The molecule has 0 aromatic heterocycles. The molecule has 48 heavy (non-hydrogen) atoms. The Morgan fingerprint density at radius 2 is 1.25 bits per heavy atom. The number of hydrogen-bond acceptors (Lipinski definition) is 5. The lowest BCUT2D eigenvalue weighted by atomic mass is 9.84. The van der Waals surface area contributed by atoms with Crippen molar-refractivity contribution >= 4 is 35.1 Å². The second-order valence-electron chi connectivity index (χ2n) is 13.5. The van der Waals surface area contributed by atoms with Crippen LogP contribution in [0.5, 0.6) is 11.5 Å². The molecule has 6 heteroatoms. The van der Waals surface area contributed by atoms with Crippen molar-refractivity contribution in [2.75, 3.05) is 6.16 Å². The molecule has 0 bridgehead atoms. The topological polar surface area (TPSA) is 75.7 Å². The van der Waals surface area contributed by atoms with Crippen molar-refractivity contribution in [2.24, 2.45) is 0 Å². The van der Waals surface area contributed by atoms with Crippen LogP contribution in [0.25, 0.3) is 0 Å². The van der Waals surface area contributed by atoms with Crippen LogP contribution in [-0.4, -0.2) is 23.7 Å². The van der Waals surface area contributed by atoms with Gasteiger partial charge in [-0.25, -0.2) is 0 Å². The van der Waals surface area contributed by atoms with Crippen LogP contribution in [0.15, 0.2) is 91.0 Å². The molecule has 0 radical (unpaired) electrons. The number of unbranched alkanes of at least 4 members (excludes halogenated alkanes) is 4. The van der Waals surface area contributed by atoms with E-state index in [9.17, 15) is 14.7 Å². The highest BCUT2D eigenvalue weighted by atomic mass is 31.2. The summed E-state index contributed by atoms with van der Waals surface area (Å²) in [7, 11) is -1.78. The van der Waals surface area contributed by atoms with Crippen LogP contribution < -0.4 is 30.5 Å². The Kier molecular flexibility index (Phi) is 11.8. The number of carbonyl (C=O) groups is 2. The number of carboxylic acids is 1. The van der Waals surface area contributed by atoms with Crippen molar-refractivity contribution in [3.63, 3.8) is 0 Å². The van der Waals surface area contributed by atoms with Gasteiger partial charge in [0.2, 0.25) is 0 Å². The van der Waals surface area contributed by atoms with Crippen LogP contribution >= 0.6 is 7.26 Å². The highest BCUT2D eigenvalue weighted by Gasteiger charge is 2.44. The average molecular weight is 665 g/mol. The Morgan fingerprint density at radius 3 is 1.79 bits per heavy atom. The summed E-state index contributed by atoms with van der Waals surface area (Å²) in [6.45, 7) is 8.14. The third-order valence-electron chi connectivity index (χ3n) is 10.1. The number of benzene rings is 4. The Labute approximate surface area is 287 Å². The molecule has 1 heterocycles. The molecule has 0 fully saturated rings. The van der Waals surface area contributed by atoms with E-state index in [0.717, 1.165) is 59.8 Å². The molecule has 4 aromatic rings. The van der Waals surface area contributed by atoms with Crippen molar-refractivity contribution < 1.29 is 24.2 Å². The number of esters is 1. The van der Waals surface area contributed by atoms with E-state index in [2.05, 4.69) is 97.9 Å². The fourth-order valence-corrected chi connectivity index (χ4v) is 11.7. The average Bonchev–Trinajstić information content (AvgIpc) is 3.10. The fraction of sp³-hybridized carbons (Fsp3) is 0.381. The van der Waals surface area contributed by atoms with E-state index in [-0.39, 0.29) is 18.4 Å². The summed E-state index contributed by atoms with van der Waals surface area (Å²) < 4.78 is 12.4. The SMILES string of the molecule is Cc1c(C)c2c(c(C)c1OC(=O)CCC(=O)[O-])CCC(C)(CCCCCCC[P+](c1ccccc1)(c1ccccc1)c1ccccc1)O2. The van der Waals surface area contributed by atoms with Crippen molar-refractivity contribution in [2.45, 2.75) is 97.5 Å². The number of hydrogen-bond donors (Lipinski definition) is 0. The molecule has 1 aliphatic rings. The lowest BCUT2D eigenvalue weighted by molar-refractivity contribution is -0.305. The standard InChI is InChI=1S/C42H49O5P/c1-31-32(2)41-37(33(3)40(31)46-39(45)26-25-38(43)44)27-29-42(4,47-41)28-17-6-5-7-18-30-48(34-19-11-8-12-20-34,35-21-13-9-14-22-35)36-23-15-10-16-24-36/h8-16,19-24H,5-7,17-18,25-30H2,1-4H3. The Bertz CT molecular complexity index is 1590. The van der Waals surface area contributed by atoms with Gasteiger partial charge in [0, 0.05) is 11.5 Å². The van der Waals surface area contributed by atoms with E-state index >= 15 is 0 Å². The first-order valence-electron chi connectivity index (χ1n) is 17.4. The molecular weight excluding hydrogens is 615 g/mol. The molecule has 0 saturated heterocycles. The van der Waals surface area contributed by atoms with E-state index in [0.29, 0.717) is 5.75 Å². The van der Waals surface area contributed by atoms with Gasteiger partial charge < -0.3 is 19.4 Å². The van der Waals surface area contributed by atoms with Crippen LogP contribution in [-0.2, 0) is 16.0 Å². The lowest BCUT2D eigenvalue weighted by Gasteiger charge is -2.38. The van der Waals surface area contributed by atoms with Crippen LogP contribution in [0.2, 0.25) is 0 Å². The number of rotatable bonds is 15. The Morgan fingerprint density at radius 1 is 0.729 bits per heavy atom. The predicted octanol–water partition coefficient (Wildman–Crippen LogP) is 7.47. The highest BCUT2D eigenvalue weighted by molar-refractivity contribution is 7.95. The van der Waals surface area contributed by atoms with Crippen molar-refractivity contribution in [3.8, 4) is 11.5 Å². The quantitative estimate of drug-likeness (QED) is 0.0571. The maximum atomic E-state index is 12.3. The molecule has 1 aliphatic heterocycles. The second kappa shape index (κ2) is 16.0. The summed E-state index contributed by atoms with van der Waals surface area (Å²) in [4.78, 5) is 23.1. The molecule has 0 amide bonds. The molecule has 1 atom stereocenters. The molecular formula is C42H49O5P. The molecule has 0 N–H and O–H groups in total. The smallest absolute Gasteiger partial charge is 0.311 e. The van der Waals surface area contributed by atoms with Gasteiger partial charge >= 0.3 is 5.97 Å². The first-order valence-corrected chi connectivity index (χ1v) is 19.4. The number of fused-ring (bicyclic) bond motifs is 1. The zero-order chi connectivity index (χ0) is 34.1. The molecule has 0 aliphatic carbocycles. The van der Waals surface area contributed by atoms with Gasteiger partial charge in [0.15, 0.2) is 0 Å². The van der Waals surface area contributed by atoms with Gasteiger partial charge in [0.05, 0.1) is 12.6 Å². The summed E-state index contributed by atoms with van der Waals surface area (Å²) in [6.07, 6.45) is 9.25. The minimum Gasteiger partial charge on any atom is -0.550 e. The van der Waals surface area contributed by atoms with Gasteiger partial charge in [-0.1, -0.05) is 67.4 Å². The van der Waals surface area contributed by atoms with Gasteiger partial charge in [0.1, 0.15) is 40.3 Å². The largest absolute Gasteiger partial charge is 0.550 e. The first-order chi connectivity index (χ1) is 23.1. The number of aliphatic carboxylic acids is 1. The molecule has 1 unspecified atom stereocenters. The van der Waals surface area contributed by atoms with E-state index in [1.807, 2.05) is 20.8 Å². The first kappa shape index (κ1) is 35.4. The van der Waals surface area contributed by atoms with E-state index in [1.54, 1.807) is 0 Å². The molecule has 0 spiro atoms. The van der Waals surface area contributed by atoms with Gasteiger partial charge in [-0.2, -0.15) is 0 Å². The zero-order valence-corrected chi connectivity index (χ0v) is 29.8. The lowest BCUT2D eigenvalue weighted by Crippen LogP contribution is -2.37. The maximum Gasteiger partial charge on any atom is 0.311 e. The van der Waals surface area contributed by atoms with Crippen LogP contribution in [0.4, 0.5) is 0 Å². The third kappa shape index (κ3) is 8.01. The highest BCUT2D eigenvalue weighted by Crippen LogP contribution is 2.56. The number of carboxylic acid groups (broad SMARTS) is 1. The number of carbonyl (C=O) groups excluding carboxylic acids is 2. The minimum atomic E-state index is -1.78. The summed E-state index contributed by atoms with van der Waals surface area (Å²) in [6, 6.07) is 33.4. The Balaban J connectivity index is 1.19. The zero-order valence-electron chi connectivity index (χ0n) is 28.9. The van der Waals surface area contributed by atoms with Crippen LogP contribution in [0.3, 0.4) is 0 Å². The minimum absolute atomic E-state index is 0.207. The van der Waals surface area contributed by atoms with E-state index in [4.69, 9.17) is 9.47 Å². The predicted molar refractivity (Wildman–Crippen MR) is 196 cm³/mol. The summed E-state index contributed by atoms with van der Waals surface area (Å²) in [5, 5.41) is 15.1. The van der Waals surface area contributed by atoms with Crippen LogP contribution in [0.1, 0.15) is 87.0 Å².